The number of aromatic nitrogens is 3. The van der Waals surface area contributed by atoms with Crippen LogP contribution in [-0.2, 0) is 48.0 Å². The number of methoxy groups -OCH3 is 1. The maximum absolute atomic E-state index is 14.7. The number of carbonyl (C=O) groups excluding carboxylic acids is 5. The van der Waals surface area contributed by atoms with E-state index in [0.29, 0.717) is 56.4 Å². The number of amides is 5. The largest absolute Gasteiger partial charge is 0.464 e. The third-order valence-corrected chi connectivity index (χ3v) is 15.3. The van der Waals surface area contributed by atoms with Crippen LogP contribution in [0.4, 0.5) is 4.79 Å². The van der Waals surface area contributed by atoms with Gasteiger partial charge >= 0.3 is 12.0 Å². The molecule has 0 saturated carbocycles. The summed E-state index contributed by atoms with van der Waals surface area (Å²) < 4.78 is 14.3. The van der Waals surface area contributed by atoms with E-state index in [1.54, 1.807) is 43.3 Å². The number of thiazole rings is 1. The van der Waals surface area contributed by atoms with Crippen LogP contribution in [0, 0.1) is 17.3 Å². The zero-order chi connectivity index (χ0) is 50.2. The topological polar surface area (TPSA) is 175 Å². The van der Waals surface area contributed by atoms with Crippen molar-refractivity contribution < 1.29 is 33.4 Å². The van der Waals surface area contributed by atoms with Crippen molar-refractivity contribution in [2.45, 2.75) is 104 Å². The molecule has 3 saturated heterocycles. The van der Waals surface area contributed by atoms with Gasteiger partial charge in [-0.25, -0.2) is 15.2 Å². The molecule has 0 radical (unpaired) electrons. The zero-order valence-electron chi connectivity index (χ0n) is 42.4. The van der Waals surface area contributed by atoms with Gasteiger partial charge in [0.1, 0.15) is 18.1 Å². The van der Waals surface area contributed by atoms with E-state index < -0.39 is 41.3 Å². The Bertz CT molecular complexity index is 2630. The van der Waals surface area contributed by atoms with E-state index >= 15 is 0 Å². The molecule has 0 aliphatic carbocycles. The van der Waals surface area contributed by atoms with Crippen LogP contribution in [0.25, 0.3) is 33.4 Å². The molecule has 4 aliphatic rings. The van der Waals surface area contributed by atoms with Crippen LogP contribution in [0.3, 0.4) is 0 Å². The summed E-state index contributed by atoms with van der Waals surface area (Å²) in [7, 11) is 7.02. The highest BCUT2D eigenvalue weighted by Gasteiger charge is 2.41. The number of nitrogens with zero attached hydrogens (tertiary/aromatic N) is 8. The first-order valence-electron chi connectivity index (χ1n) is 24.7. The lowest BCUT2D eigenvalue weighted by Crippen LogP contribution is -2.65. The van der Waals surface area contributed by atoms with Crippen molar-refractivity contribution in [1.29, 1.82) is 0 Å². The van der Waals surface area contributed by atoms with Crippen LogP contribution < -0.4 is 10.7 Å². The molecular weight excluding hydrogens is 909 g/mol. The lowest BCUT2D eigenvalue weighted by molar-refractivity contribution is -0.155. The van der Waals surface area contributed by atoms with Crippen LogP contribution in [-0.4, -0.2) is 161 Å². The number of ether oxygens (including phenoxy) is 2. The molecule has 1 aromatic carbocycles. The number of hydrogen-bond acceptors (Lipinski definition) is 12. The van der Waals surface area contributed by atoms with Gasteiger partial charge in [0.15, 0.2) is 0 Å². The molecule has 17 nitrogen and oxygen atoms in total. The number of nitrogens with one attached hydrogen (secondary N) is 2. The molecule has 6 bridgehead atoms. The van der Waals surface area contributed by atoms with Crippen molar-refractivity contribution in [2.75, 3.05) is 67.6 Å². The summed E-state index contributed by atoms with van der Waals surface area (Å²) >= 11 is 1.41. The molecule has 70 heavy (non-hydrogen) atoms. The molecule has 8 rings (SSSR count). The highest BCUT2D eigenvalue weighted by molar-refractivity contribution is 7.10. The van der Waals surface area contributed by atoms with Crippen LogP contribution in [0.5, 0.6) is 0 Å². The molecule has 5 amide bonds. The van der Waals surface area contributed by atoms with Gasteiger partial charge in [-0.05, 0) is 82.0 Å². The number of benzene rings is 1. The Balaban J connectivity index is 1.08. The van der Waals surface area contributed by atoms with Gasteiger partial charge in [0.25, 0.3) is 5.91 Å². The molecule has 3 fully saturated rings. The van der Waals surface area contributed by atoms with Crippen LogP contribution in [0.1, 0.15) is 76.8 Å². The average Bonchev–Trinajstić information content (AvgIpc) is 3.91. The van der Waals surface area contributed by atoms with Gasteiger partial charge in [0, 0.05) is 112 Å². The summed E-state index contributed by atoms with van der Waals surface area (Å²) in [6, 6.07) is 7.02. The summed E-state index contributed by atoms with van der Waals surface area (Å²) in [4.78, 5) is 86.9. The number of fused-ring (bicyclic) bond motifs is 6. The van der Waals surface area contributed by atoms with E-state index in [9.17, 15) is 24.0 Å². The van der Waals surface area contributed by atoms with Crippen molar-refractivity contribution >= 4 is 52.0 Å². The normalized spacial score (nSPS) is 21.2. The molecule has 2 N–H and O–H groups in total. The fourth-order valence-electron chi connectivity index (χ4n) is 10.3. The van der Waals surface area contributed by atoms with Gasteiger partial charge in [-0.1, -0.05) is 39.8 Å². The lowest BCUT2D eigenvalue weighted by atomic mass is 9.84. The second-order valence-corrected chi connectivity index (χ2v) is 21.6. The van der Waals surface area contributed by atoms with Crippen molar-refractivity contribution in [1.82, 2.24) is 49.9 Å². The van der Waals surface area contributed by atoms with E-state index in [4.69, 9.17) is 19.4 Å². The summed E-state index contributed by atoms with van der Waals surface area (Å²) in [6.07, 6.45) is 6.78. The van der Waals surface area contributed by atoms with Crippen molar-refractivity contribution in [2.24, 2.45) is 17.3 Å². The molecule has 4 aromatic rings. The standard InChI is InChI=1S/C52H70N10O7S/c1-11-61-42-18-17-34-22-37(42)38(47(61)36-14-12-20-53-45(36)32(4)68-10)24-52(5,6)30-69-50(66)39-15-13-21-62(56-39)49(65)40(23-43-54-41(34)29-70-43)55-48(64)46(31(2)3)59(9)51(67)58(8)35-27-60(28-35)44(63)19-16-33-25-57(7)26-33/h12,14,16-20,22,29,31-33,35,39-40,46,56H,11,13,15,21,23-28,30H2,1-10H3,(H,55,64)/b19-16+/t32-,39-,40-,46?/m0/s1. The number of hydrogen-bond donors (Lipinski definition) is 2. The van der Waals surface area contributed by atoms with E-state index in [1.165, 1.54) is 21.2 Å². The number of rotatable bonds is 11. The van der Waals surface area contributed by atoms with E-state index in [2.05, 4.69) is 65.2 Å². The first kappa shape index (κ1) is 50.7. The SMILES string of the molecule is CCn1c(-c2cccnc2[C@H](C)OC)c2c3cc(ccc31)-c1csc(n1)C[C@H](NC(=O)C(C(C)C)N(C)C(=O)N(C)C1CN(C(=O)/C=C/C3CN(C)C3)C1)C(=O)N1CCC[C@H](N1)C(=O)OCC(C)(C)C2. The Morgan fingerprint density at radius 2 is 1.86 bits per heavy atom. The number of urea groups is 1. The average molecular weight is 979 g/mol. The first-order chi connectivity index (χ1) is 33.4. The Labute approximate surface area is 415 Å². The predicted molar refractivity (Wildman–Crippen MR) is 269 cm³/mol. The Hall–Kier alpha value is -5.69. The molecule has 3 aromatic heterocycles. The number of esters is 1. The minimum Gasteiger partial charge on any atom is -0.464 e. The Kier molecular flexibility index (Phi) is 15.2. The Morgan fingerprint density at radius 3 is 2.56 bits per heavy atom. The summed E-state index contributed by atoms with van der Waals surface area (Å²) in [5, 5.41) is 8.12. The van der Waals surface area contributed by atoms with Crippen molar-refractivity contribution in [3.63, 3.8) is 0 Å². The minimum atomic E-state index is -1.09. The van der Waals surface area contributed by atoms with Crippen molar-refractivity contribution in [3.8, 4) is 22.5 Å². The number of likely N-dealkylation sites (N-methyl/N-ethyl adjacent to an activating group) is 2. The number of pyridine rings is 1. The monoisotopic (exact) mass is 979 g/mol. The number of likely N-dealkylation sites (tertiary alicyclic amines) is 2. The van der Waals surface area contributed by atoms with E-state index in [0.717, 1.165) is 57.8 Å². The van der Waals surface area contributed by atoms with E-state index in [1.807, 2.05) is 45.3 Å². The van der Waals surface area contributed by atoms with Crippen molar-refractivity contribution in [3.05, 3.63) is 70.3 Å². The van der Waals surface area contributed by atoms with Crippen LogP contribution in [0.15, 0.2) is 54.1 Å². The zero-order valence-corrected chi connectivity index (χ0v) is 43.2. The fourth-order valence-corrected chi connectivity index (χ4v) is 11.2. The highest BCUT2D eigenvalue weighted by atomic mass is 32.1. The van der Waals surface area contributed by atoms with Gasteiger partial charge < -0.3 is 39.0 Å². The second kappa shape index (κ2) is 21.0. The van der Waals surface area contributed by atoms with Crippen LogP contribution in [0.2, 0.25) is 0 Å². The second-order valence-electron chi connectivity index (χ2n) is 20.7. The highest BCUT2D eigenvalue weighted by Crippen LogP contribution is 2.42. The molecule has 0 spiro atoms. The number of carbonyl (C=O) groups is 5. The maximum atomic E-state index is 14.7. The quantitative estimate of drug-likeness (QED) is 0.143. The third-order valence-electron chi connectivity index (χ3n) is 14.4. The fraction of sp³-hybridized carbons (Fsp3) is 0.558. The molecule has 1 unspecified atom stereocenters. The first-order valence-corrected chi connectivity index (χ1v) is 25.5. The number of cyclic esters (lactones) is 1. The van der Waals surface area contributed by atoms with Gasteiger partial charge in [0.05, 0.1) is 40.8 Å². The Morgan fingerprint density at radius 1 is 1.10 bits per heavy atom. The molecule has 4 aliphatic heterocycles. The van der Waals surface area contributed by atoms with Gasteiger partial charge in [-0.2, -0.15) is 0 Å². The summed E-state index contributed by atoms with van der Waals surface area (Å²) in [6.45, 7) is 15.8. The summed E-state index contributed by atoms with van der Waals surface area (Å²) in [5.41, 5.74) is 9.27. The molecule has 7 heterocycles. The molecule has 376 valence electrons. The van der Waals surface area contributed by atoms with Crippen LogP contribution >= 0.6 is 11.3 Å². The van der Waals surface area contributed by atoms with Gasteiger partial charge in [-0.15, -0.1) is 11.3 Å². The third kappa shape index (κ3) is 10.5. The number of aryl methyl sites for hydroxylation is 1. The predicted octanol–water partition coefficient (Wildman–Crippen LogP) is 5.54. The van der Waals surface area contributed by atoms with Gasteiger partial charge in [0.2, 0.25) is 11.8 Å². The minimum absolute atomic E-state index is 0.0717. The smallest absolute Gasteiger partial charge is 0.324 e. The van der Waals surface area contributed by atoms with E-state index in [-0.39, 0.29) is 43.0 Å². The molecule has 18 heteroatoms. The maximum Gasteiger partial charge on any atom is 0.324 e. The van der Waals surface area contributed by atoms with Gasteiger partial charge in [-0.3, -0.25) is 29.2 Å². The summed E-state index contributed by atoms with van der Waals surface area (Å²) in [5.74, 6) is -1.40. The molecular formula is C52H70N10O7S. The molecule has 4 atom stereocenters. The lowest BCUT2D eigenvalue weighted by Gasteiger charge is -2.45. The number of hydrazine groups is 1.